The lowest BCUT2D eigenvalue weighted by Gasteiger charge is -2.23. The first-order valence-corrected chi connectivity index (χ1v) is 7.43. The minimum absolute atomic E-state index is 0.418. The molecule has 0 N–H and O–H groups in total. The highest BCUT2D eigenvalue weighted by Gasteiger charge is 2.27. The van der Waals surface area contributed by atoms with E-state index < -0.39 is 0 Å². The molecule has 3 rings (SSSR count). The number of hydrogen-bond donors (Lipinski definition) is 0. The van der Waals surface area contributed by atoms with Gasteiger partial charge in [0.2, 0.25) is 5.89 Å². The van der Waals surface area contributed by atoms with Crippen molar-refractivity contribution in [3.05, 3.63) is 52.2 Å². The Morgan fingerprint density at radius 2 is 2.25 bits per heavy atom. The van der Waals surface area contributed by atoms with Crippen LogP contribution < -0.4 is 0 Å². The van der Waals surface area contributed by atoms with Gasteiger partial charge in [-0.2, -0.15) is 0 Å². The lowest BCUT2D eigenvalue weighted by molar-refractivity contribution is 0.222. The van der Waals surface area contributed by atoms with Crippen molar-refractivity contribution in [1.29, 1.82) is 0 Å². The molecule has 1 fully saturated rings. The average molecular weight is 291 g/mol. The van der Waals surface area contributed by atoms with Gasteiger partial charge in [-0.3, -0.25) is 4.90 Å². The van der Waals surface area contributed by atoms with Gasteiger partial charge in [0.1, 0.15) is 5.76 Å². The van der Waals surface area contributed by atoms with E-state index in [1.54, 1.807) is 0 Å². The third kappa shape index (κ3) is 2.74. The van der Waals surface area contributed by atoms with Crippen molar-refractivity contribution >= 4 is 11.6 Å². The number of halogens is 1. The summed E-state index contributed by atoms with van der Waals surface area (Å²) in [6, 6.07) is 8.58. The van der Waals surface area contributed by atoms with Gasteiger partial charge in [0.25, 0.3) is 0 Å². The van der Waals surface area contributed by atoms with Crippen molar-refractivity contribution in [2.75, 3.05) is 6.54 Å². The molecule has 3 nitrogen and oxygen atoms in total. The summed E-state index contributed by atoms with van der Waals surface area (Å²) in [5.74, 6) is 1.73. The van der Waals surface area contributed by atoms with Crippen LogP contribution in [-0.2, 0) is 6.54 Å². The van der Waals surface area contributed by atoms with Crippen LogP contribution in [0.3, 0.4) is 0 Å². The summed E-state index contributed by atoms with van der Waals surface area (Å²) in [4.78, 5) is 6.91. The van der Waals surface area contributed by atoms with E-state index in [0.717, 1.165) is 35.5 Å². The van der Waals surface area contributed by atoms with Crippen molar-refractivity contribution in [2.45, 2.75) is 39.3 Å². The molecule has 106 valence electrons. The maximum atomic E-state index is 6.11. The summed E-state index contributed by atoms with van der Waals surface area (Å²) in [5, 5.41) is 0.803. The van der Waals surface area contributed by atoms with Crippen molar-refractivity contribution in [2.24, 2.45) is 0 Å². The van der Waals surface area contributed by atoms with Gasteiger partial charge in [0.05, 0.1) is 12.2 Å². The predicted octanol–water partition coefficient (Wildman–Crippen LogP) is 4.28. The van der Waals surface area contributed by atoms with Crippen molar-refractivity contribution < 1.29 is 4.42 Å². The standard InChI is InChI=1S/C16H19ClN2O/c1-11-12(2)20-16(18-11)10-19-8-4-7-15(19)13-5-3-6-14(17)9-13/h3,5-6,9,15H,4,7-8,10H2,1-2H3. The van der Waals surface area contributed by atoms with Crippen molar-refractivity contribution in [3.8, 4) is 0 Å². The zero-order chi connectivity index (χ0) is 14.1. The second-order valence-electron chi connectivity index (χ2n) is 5.43. The molecule has 0 radical (unpaired) electrons. The number of benzene rings is 1. The summed E-state index contributed by atoms with van der Waals surface area (Å²) < 4.78 is 5.71. The lowest BCUT2D eigenvalue weighted by atomic mass is 10.0. The Balaban J connectivity index is 1.78. The molecule has 0 aliphatic carbocycles. The molecular weight excluding hydrogens is 272 g/mol. The van der Waals surface area contributed by atoms with Gasteiger partial charge in [0, 0.05) is 11.1 Å². The molecule has 2 heterocycles. The van der Waals surface area contributed by atoms with Gasteiger partial charge < -0.3 is 4.42 Å². The molecule has 20 heavy (non-hydrogen) atoms. The minimum atomic E-state index is 0.418. The van der Waals surface area contributed by atoms with Crippen LogP contribution in [0.25, 0.3) is 0 Å². The fourth-order valence-corrected chi connectivity index (χ4v) is 3.09. The Morgan fingerprint density at radius 1 is 1.40 bits per heavy atom. The number of aryl methyl sites for hydroxylation is 2. The Bertz CT molecular complexity index is 589. The Morgan fingerprint density at radius 3 is 2.95 bits per heavy atom. The fraction of sp³-hybridized carbons (Fsp3) is 0.438. The Kier molecular flexibility index (Phi) is 3.81. The van der Waals surface area contributed by atoms with E-state index in [2.05, 4.69) is 22.0 Å². The van der Waals surface area contributed by atoms with Crippen LogP contribution in [0, 0.1) is 13.8 Å². The lowest BCUT2D eigenvalue weighted by Crippen LogP contribution is -2.22. The molecule has 1 aromatic carbocycles. The summed E-state index contributed by atoms with van der Waals surface area (Å²) in [7, 11) is 0. The number of aromatic nitrogens is 1. The Hall–Kier alpha value is -1.32. The maximum absolute atomic E-state index is 6.11. The molecule has 1 saturated heterocycles. The molecule has 0 amide bonds. The van der Waals surface area contributed by atoms with Gasteiger partial charge >= 0.3 is 0 Å². The van der Waals surface area contributed by atoms with Crippen LogP contribution in [0.2, 0.25) is 5.02 Å². The quantitative estimate of drug-likeness (QED) is 0.845. The fourth-order valence-electron chi connectivity index (χ4n) is 2.89. The zero-order valence-electron chi connectivity index (χ0n) is 11.9. The van der Waals surface area contributed by atoms with Crippen molar-refractivity contribution in [3.63, 3.8) is 0 Å². The molecule has 4 heteroatoms. The molecular formula is C16H19ClN2O. The summed E-state index contributed by atoms with van der Waals surface area (Å²) in [6.45, 7) is 5.80. The van der Waals surface area contributed by atoms with Gasteiger partial charge in [-0.15, -0.1) is 0 Å². The predicted molar refractivity (Wildman–Crippen MR) is 79.8 cm³/mol. The zero-order valence-corrected chi connectivity index (χ0v) is 12.7. The molecule has 0 spiro atoms. The van der Waals surface area contributed by atoms with Crippen LogP contribution in [0.4, 0.5) is 0 Å². The molecule has 1 aliphatic rings. The third-order valence-corrected chi connectivity index (χ3v) is 4.24. The van der Waals surface area contributed by atoms with E-state index >= 15 is 0 Å². The summed E-state index contributed by atoms with van der Waals surface area (Å²) in [5.41, 5.74) is 2.27. The smallest absolute Gasteiger partial charge is 0.208 e. The normalized spacial score (nSPS) is 19.6. The molecule has 1 atom stereocenters. The third-order valence-electron chi connectivity index (χ3n) is 4.01. The average Bonchev–Trinajstić information content (AvgIpc) is 2.98. The second-order valence-corrected chi connectivity index (χ2v) is 5.87. The number of hydrogen-bond acceptors (Lipinski definition) is 3. The molecule has 0 bridgehead atoms. The summed E-state index contributed by atoms with van der Waals surface area (Å²) >= 11 is 6.11. The van der Waals surface area contributed by atoms with Crippen LogP contribution in [-0.4, -0.2) is 16.4 Å². The first kappa shape index (κ1) is 13.7. The molecule has 1 aromatic heterocycles. The highest BCUT2D eigenvalue weighted by Crippen LogP contribution is 2.34. The Labute approximate surface area is 124 Å². The number of likely N-dealkylation sites (tertiary alicyclic amines) is 1. The van der Waals surface area contributed by atoms with Gasteiger partial charge in [0.15, 0.2) is 0 Å². The summed E-state index contributed by atoms with van der Waals surface area (Å²) in [6.07, 6.45) is 2.37. The SMILES string of the molecule is Cc1nc(CN2CCCC2c2cccc(Cl)c2)oc1C. The highest BCUT2D eigenvalue weighted by molar-refractivity contribution is 6.30. The number of rotatable bonds is 3. The highest BCUT2D eigenvalue weighted by atomic mass is 35.5. The minimum Gasteiger partial charge on any atom is -0.444 e. The van der Waals surface area contributed by atoms with Gasteiger partial charge in [-0.1, -0.05) is 23.7 Å². The monoisotopic (exact) mass is 290 g/mol. The van der Waals surface area contributed by atoms with Crippen LogP contribution >= 0.6 is 11.6 Å². The van der Waals surface area contributed by atoms with Crippen LogP contribution in [0.15, 0.2) is 28.7 Å². The first-order valence-electron chi connectivity index (χ1n) is 7.06. The van der Waals surface area contributed by atoms with Crippen molar-refractivity contribution in [1.82, 2.24) is 9.88 Å². The first-order chi connectivity index (χ1) is 9.63. The second kappa shape index (κ2) is 5.58. The van der Waals surface area contributed by atoms with Crippen LogP contribution in [0.5, 0.6) is 0 Å². The topological polar surface area (TPSA) is 29.3 Å². The van der Waals surface area contributed by atoms with E-state index in [4.69, 9.17) is 16.0 Å². The van der Waals surface area contributed by atoms with Gasteiger partial charge in [-0.05, 0) is 50.9 Å². The largest absolute Gasteiger partial charge is 0.444 e. The molecule has 1 unspecified atom stereocenters. The van der Waals surface area contributed by atoms with E-state index in [0.29, 0.717) is 6.04 Å². The number of nitrogens with zero attached hydrogens (tertiary/aromatic N) is 2. The van der Waals surface area contributed by atoms with E-state index in [-0.39, 0.29) is 0 Å². The molecule has 1 aliphatic heterocycles. The molecule has 0 saturated carbocycles. The van der Waals surface area contributed by atoms with E-state index in [1.807, 2.05) is 26.0 Å². The van der Waals surface area contributed by atoms with E-state index in [1.165, 1.54) is 18.4 Å². The van der Waals surface area contributed by atoms with Crippen LogP contribution in [0.1, 0.15) is 41.8 Å². The van der Waals surface area contributed by atoms with E-state index in [9.17, 15) is 0 Å². The maximum Gasteiger partial charge on any atom is 0.208 e. The molecule has 2 aromatic rings. The number of oxazole rings is 1. The van der Waals surface area contributed by atoms with Gasteiger partial charge in [-0.25, -0.2) is 4.98 Å².